The number of nitrogens with zero attached hydrogens (tertiary/aromatic N) is 7. The first kappa shape index (κ1) is 64.5. The highest BCUT2D eigenvalue weighted by Gasteiger charge is 2.30. The molecule has 36 heteroatoms. The monoisotopic (exact) mass is 1460 g/mol. The van der Waals surface area contributed by atoms with E-state index >= 15 is 0 Å². The molecular weight excluding hydrogens is 1410 g/mol. The summed E-state index contributed by atoms with van der Waals surface area (Å²) in [6, 6.07) is 25.5. The third-order valence-corrected chi connectivity index (χ3v) is 26.8. The molecule has 5 heterocycles. The van der Waals surface area contributed by atoms with Crippen LogP contribution >= 0.6 is 74.9 Å². The van der Waals surface area contributed by atoms with Gasteiger partial charge in [-0.1, -0.05) is 53.5 Å². The van der Waals surface area contributed by atoms with Crippen molar-refractivity contribution < 1.29 is 50.4 Å². The summed E-state index contributed by atoms with van der Waals surface area (Å²) in [6.45, 7) is 2.73. The number of nitrogens with two attached hydrogens (primary N) is 3. The van der Waals surface area contributed by atoms with Gasteiger partial charge in [-0.2, -0.15) is 23.8 Å². The van der Waals surface area contributed by atoms with E-state index in [1.54, 1.807) is 29.5 Å². The highest BCUT2D eigenvalue weighted by atomic mass is 32.9. The molecule has 9 aromatic carbocycles. The van der Waals surface area contributed by atoms with Crippen LogP contribution in [0.1, 0.15) is 18.4 Å². The zero-order chi connectivity index (χ0) is 67.3. The van der Waals surface area contributed by atoms with Crippen molar-refractivity contribution in [3.63, 3.8) is 0 Å². The van der Waals surface area contributed by atoms with Gasteiger partial charge in [0.1, 0.15) is 47.9 Å². The Morgan fingerprint density at radius 1 is 0.500 bits per heavy atom. The Morgan fingerprint density at radius 3 is 1.62 bits per heavy atom. The van der Waals surface area contributed by atoms with Crippen LogP contribution in [0.3, 0.4) is 0 Å². The Balaban J connectivity index is 0.697. The van der Waals surface area contributed by atoms with Crippen molar-refractivity contribution in [2.45, 2.75) is 33.9 Å². The van der Waals surface area contributed by atoms with Gasteiger partial charge in [-0.3, -0.25) is 9.27 Å². The van der Waals surface area contributed by atoms with Crippen LogP contribution in [0.25, 0.3) is 92.5 Å². The van der Waals surface area contributed by atoms with Crippen LogP contribution in [-0.4, -0.2) is 109 Å². The SMILES string of the molecule is CN(C)CCCNCCCc1ccc(N=Nc2c(S(O)(O)O)cc3cc(S(=O)(=O)O)c(N=Nc4ccc(S(=O)(=O)Nc5ccc(N=Nc6c(N)c(O)c7ssc8c9[nH]c%10cc%11[nH]c%12cc(N)c(O)c%13ssc(c%10[nH]c9cc9[nH]c6c7sc98)c%11sc%12%13)cc5)cc4)c(N)c3c2O)cc1. The number of hydrogen-bond acceptors (Lipinski definition) is 27. The topological polar surface area (TPSA) is 453 Å². The van der Waals surface area contributed by atoms with Crippen LogP contribution in [0.5, 0.6) is 17.2 Å². The van der Waals surface area contributed by atoms with Crippen LogP contribution < -0.4 is 27.2 Å². The fourth-order valence-electron chi connectivity index (χ4n) is 10.9. The maximum absolute atomic E-state index is 13.7. The molecule has 0 aliphatic carbocycles. The second-order valence-electron chi connectivity index (χ2n) is 22.4. The number of phenols is 3. The molecule has 4 bridgehead atoms. The normalized spacial score (nSPS) is 13.1. The number of benzene rings is 9. The molecule has 0 amide bonds. The van der Waals surface area contributed by atoms with Gasteiger partial charge in [-0.05, 0) is 155 Å². The van der Waals surface area contributed by atoms with E-state index in [0.717, 1.165) is 119 Å². The Kier molecular flexibility index (Phi) is 16.8. The molecule has 14 rings (SSSR count). The van der Waals surface area contributed by atoms with Crippen LogP contribution in [0.15, 0.2) is 149 Å². The summed E-state index contributed by atoms with van der Waals surface area (Å²) in [5, 5.41) is 62.3. The second-order valence-corrected chi connectivity index (χ2v) is 33.3. The molecular formula is C60H54N16O11S9. The predicted octanol–water partition coefficient (Wildman–Crippen LogP) is 17.6. The van der Waals surface area contributed by atoms with E-state index in [1.807, 2.05) is 32.3 Å². The van der Waals surface area contributed by atoms with E-state index in [9.17, 15) is 50.4 Å². The van der Waals surface area contributed by atoms with Crippen molar-refractivity contribution in [2.75, 3.05) is 55.7 Å². The van der Waals surface area contributed by atoms with Crippen molar-refractivity contribution in [2.24, 2.45) is 30.7 Å². The highest BCUT2D eigenvalue weighted by Crippen LogP contribution is 2.57. The predicted molar refractivity (Wildman–Crippen MR) is 390 cm³/mol. The third-order valence-electron chi connectivity index (χ3n) is 15.6. The average Bonchev–Trinajstić information content (AvgIpc) is 1.38. The van der Waals surface area contributed by atoms with E-state index in [2.05, 4.69) is 71.6 Å². The molecule has 0 atom stereocenters. The lowest BCUT2D eigenvalue weighted by Gasteiger charge is -2.22. The van der Waals surface area contributed by atoms with Crippen molar-refractivity contribution in [1.29, 1.82) is 0 Å². The lowest BCUT2D eigenvalue weighted by molar-refractivity contribution is 0.375. The third kappa shape index (κ3) is 12.1. The fraction of sp³-hybridized carbons (Fsp3) is 0.133. The van der Waals surface area contributed by atoms with Gasteiger partial charge in [-0.25, -0.2) is 8.42 Å². The number of nitrogens with one attached hydrogen (secondary N) is 6. The first-order valence-electron chi connectivity index (χ1n) is 28.8. The minimum Gasteiger partial charge on any atom is -0.505 e. The number of H-pyrrole nitrogens is 4. The number of azo groups is 3. The Bertz CT molecular complexity index is 5890. The minimum atomic E-state index is -5.17. The van der Waals surface area contributed by atoms with Crippen LogP contribution in [0.2, 0.25) is 0 Å². The molecule has 0 saturated carbocycles. The summed E-state index contributed by atoms with van der Waals surface area (Å²) in [5.74, 6) is -0.964. The standard InChI is InChI=1S/C60H54N16O11S9/c1-76(2)20-4-19-64-18-3-5-26-6-8-28(9-7-26)70-73-47-40(96(85,86)87)22-27-21-39(95(82,83)84)46(42(62)41(27)51(47)78)72-69-30-14-16-32(17-15-30)94(80,81)75-31-12-10-29(11-13-31)71-74-48-43(63)52(79)60-56-49(48)68-38-25-35-45(58(91-93-60)54(38)89-56)66-34-24-37-53-57(44(34)67-35)90-92-59-50(77)33(61)23-36(65-37)55(59)88-53/h6-17,21-25,64-68,75,77-79,85-87H,3-5,18-20,61-63H2,1-2H3,(H,82,83,84). The second kappa shape index (κ2) is 25.0. The van der Waals surface area contributed by atoms with E-state index in [4.69, 9.17) is 17.2 Å². The van der Waals surface area contributed by atoms with Gasteiger partial charge < -0.3 is 76.3 Å². The number of anilines is 4. The number of aromatic hydroxyl groups is 3. The average molecular weight is 1460 g/mol. The zero-order valence-corrected chi connectivity index (χ0v) is 57.2. The number of aromatic amines is 4. The van der Waals surface area contributed by atoms with Crippen molar-refractivity contribution in [1.82, 2.24) is 30.2 Å². The number of phenolic OH excluding ortho intramolecular Hbond substituents is 3. The molecule has 5 aromatic heterocycles. The molecule has 0 radical (unpaired) electrons. The van der Waals surface area contributed by atoms with Crippen molar-refractivity contribution >= 4 is 244 Å². The smallest absolute Gasteiger partial charge is 0.296 e. The molecule has 14 aromatic rings. The molecule has 494 valence electrons. The number of aromatic nitrogens is 4. The van der Waals surface area contributed by atoms with E-state index in [-0.39, 0.29) is 49.9 Å². The molecule has 27 nitrogen and oxygen atoms in total. The molecule has 0 unspecified atom stereocenters. The van der Waals surface area contributed by atoms with E-state index < -0.39 is 63.6 Å². The van der Waals surface area contributed by atoms with Gasteiger partial charge in [0.15, 0.2) is 17.2 Å². The first-order valence-corrected chi connectivity index (χ1v) is 39.1. The Morgan fingerprint density at radius 2 is 1.01 bits per heavy atom. The Hall–Kier alpha value is -8.83. The van der Waals surface area contributed by atoms with E-state index in [1.165, 1.54) is 101 Å². The number of sulfonamides is 1. The molecule has 96 heavy (non-hydrogen) atoms. The number of nitrogen functional groups attached to an aromatic ring is 3. The van der Waals surface area contributed by atoms with Gasteiger partial charge in [0.25, 0.3) is 20.1 Å². The molecule has 0 spiro atoms. The largest absolute Gasteiger partial charge is 0.505 e. The van der Waals surface area contributed by atoms with Crippen LogP contribution in [0.4, 0.5) is 56.9 Å². The van der Waals surface area contributed by atoms with Gasteiger partial charge in [0.05, 0.1) is 116 Å². The summed E-state index contributed by atoms with van der Waals surface area (Å²) in [5.41, 5.74) is 26.1. The number of rotatable bonds is 19. The summed E-state index contributed by atoms with van der Waals surface area (Å²) in [6.07, 6.45) is 2.71. The van der Waals surface area contributed by atoms with Gasteiger partial charge in [-0.15, -0.1) is 38.0 Å². The minimum absolute atomic E-state index is 0.00731. The number of hydrogen-bond donors (Lipinski definition) is 16. The lowest BCUT2D eigenvalue weighted by atomic mass is 10.1. The van der Waals surface area contributed by atoms with Gasteiger partial charge in [0.2, 0.25) is 0 Å². The number of aryl methyl sites for hydroxylation is 1. The summed E-state index contributed by atoms with van der Waals surface area (Å²) >= 11 is 3.05. The fourth-order valence-corrected chi connectivity index (χ4v) is 22.0. The summed E-state index contributed by atoms with van der Waals surface area (Å²) < 4.78 is 104. The zero-order valence-electron chi connectivity index (χ0n) is 49.9. The first-order chi connectivity index (χ1) is 45.9. The van der Waals surface area contributed by atoms with Crippen LogP contribution in [0, 0.1) is 0 Å². The quantitative estimate of drug-likeness (QED) is 0.00680. The van der Waals surface area contributed by atoms with Gasteiger partial charge >= 0.3 is 0 Å². The molecule has 0 aliphatic rings. The van der Waals surface area contributed by atoms with Crippen molar-refractivity contribution in [3.8, 4) is 17.2 Å². The maximum atomic E-state index is 13.7. The highest BCUT2D eigenvalue weighted by molar-refractivity contribution is 8.19. The molecule has 19 N–H and O–H groups in total. The van der Waals surface area contributed by atoms with E-state index in [0.29, 0.717) is 36.7 Å². The Labute approximate surface area is 566 Å². The maximum Gasteiger partial charge on any atom is 0.296 e. The molecule has 0 fully saturated rings. The summed E-state index contributed by atoms with van der Waals surface area (Å²) in [4.78, 5) is 14.8. The molecule has 0 aliphatic heterocycles. The summed E-state index contributed by atoms with van der Waals surface area (Å²) in [7, 11) is -4.20. The van der Waals surface area contributed by atoms with Crippen LogP contribution in [-0.2, 0) is 26.6 Å². The van der Waals surface area contributed by atoms with Crippen molar-refractivity contribution in [3.05, 3.63) is 109 Å². The van der Waals surface area contributed by atoms with Gasteiger partial charge in [0, 0.05) is 5.69 Å². The number of fused-ring (bicyclic) bond motifs is 5. The lowest BCUT2D eigenvalue weighted by Crippen LogP contribution is -2.22. The molecule has 0 saturated heterocycles.